The van der Waals surface area contributed by atoms with Crippen LogP contribution in [0.1, 0.15) is 35.6 Å². The third-order valence-corrected chi connectivity index (χ3v) is 3.77. The van der Waals surface area contributed by atoms with Crippen molar-refractivity contribution in [2.45, 2.75) is 26.5 Å². The predicted molar refractivity (Wildman–Crippen MR) is 108 cm³/mol. The number of nitrogens with zero attached hydrogens (tertiary/aromatic N) is 7. The molecule has 3 N–H and O–H groups in total. The Morgan fingerprint density at radius 2 is 2.07 bits per heavy atom. The number of anilines is 1. The number of benzene rings is 1. The van der Waals surface area contributed by atoms with Gasteiger partial charge in [0.1, 0.15) is 5.75 Å². The summed E-state index contributed by atoms with van der Waals surface area (Å²) in [5.74, 6) is 0.433. The number of nitrogens with one attached hydrogen (secondary N) is 1. The molecule has 2 heterocycles. The first kappa shape index (κ1) is 20.9. The lowest BCUT2D eigenvalue weighted by atomic mass is 10.2. The maximum atomic E-state index is 12.6. The summed E-state index contributed by atoms with van der Waals surface area (Å²) in [4.78, 5) is 14.5. The van der Waals surface area contributed by atoms with Gasteiger partial charge in [-0.05, 0) is 68.1 Å². The summed E-state index contributed by atoms with van der Waals surface area (Å²) in [6.45, 7) is 4.27. The molecule has 0 aliphatic carbocycles. The monoisotopic (exact) mass is 413 g/mol. The molecule has 0 radical (unpaired) electrons. The van der Waals surface area contributed by atoms with Gasteiger partial charge in [0.15, 0.2) is 5.69 Å². The van der Waals surface area contributed by atoms with E-state index in [1.807, 2.05) is 57.1 Å². The third-order valence-electron chi connectivity index (χ3n) is 3.77. The molecule has 0 fully saturated rings. The molecular weight excluding hydrogens is 390 g/mol. The number of ether oxygens (including phenoxy) is 1. The van der Waals surface area contributed by atoms with E-state index in [0.29, 0.717) is 12.2 Å². The SMILES string of the molecule is CC(C)Oc1ccc(C=NNC(=O)c2nnn(-c3nonc3N)c2CN(C)C)cc1. The number of amides is 1. The van der Waals surface area contributed by atoms with E-state index >= 15 is 0 Å². The molecule has 0 atom stereocenters. The van der Waals surface area contributed by atoms with Gasteiger partial charge in [0.25, 0.3) is 5.91 Å². The highest BCUT2D eigenvalue weighted by Gasteiger charge is 2.24. The number of hydrazone groups is 1. The van der Waals surface area contributed by atoms with Crippen molar-refractivity contribution in [2.75, 3.05) is 19.8 Å². The maximum absolute atomic E-state index is 12.6. The van der Waals surface area contributed by atoms with Crippen LogP contribution in [0, 0.1) is 0 Å². The molecule has 0 saturated carbocycles. The van der Waals surface area contributed by atoms with Gasteiger partial charge < -0.3 is 15.4 Å². The van der Waals surface area contributed by atoms with Crippen molar-refractivity contribution in [1.82, 2.24) is 35.6 Å². The number of nitrogen functional groups attached to an aromatic ring is 1. The molecule has 12 nitrogen and oxygen atoms in total. The molecule has 30 heavy (non-hydrogen) atoms. The number of aromatic nitrogens is 5. The van der Waals surface area contributed by atoms with Gasteiger partial charge in [-0.15, -0.1) is 5.10 Å². The fraction of sp³-hybridized carbons (Fsp3) is 0.333. The average Bonchev–Trinajstić information content (AvgIpc) is 3.28. The Balaban J connectivity index is 1.74. The Kier molecular flexibility index (Phi) is 6.37. The molecular formula is C18H23N9O3. The van der Waals surface area contributed by atoms with E-state index in [0.717, 1.165) is 11.3 Å². The van der Waals surface area contributed by atoms with Crippen LogP contribution in [0.2, 0.25) is 0 Å². The highest BCUT2D eigenvalue weighted by Crippen LogP contribution is 2.17. The summed E-state index contributed by atoms with van der Waals surface area (Å²) < 4.78 is 11.5. The highest BCUT2D eigenvalue weighted by atomic mass is 16.6. The summed E-state index contributed by atoms with van der Waals surface area (Å²) in [7, 11) is 3.68. The Hall–Kier alpha value is -3.80. The number of hydrogen-bond acceptors (Lipinski definition) is 10. The molecule has 0 unspecified atom stereocenters. The topological polar surface area (TPSA) is 150 Å². The summed E-state index contributed by atoms with van der Waals surface area (Å²) >= 11 is 0. The van der Waals surface area contributed by atoms with Crippen LogP contribution in [0.3, 0.4) is 0 Å². The average molecular weight is 413 g/mol. The van der Waals surface area contributed by atoms with Crippen LogP contribution in [0.25, 0.3) is 5.82 Å². The molecule has 3 rings (SSSR count). The van der Waals surface area contributed by atoms with Crippen LogP contribution >= 0.6 is 0 Å². The van der Waals surface area contributed by atoms with Crippen molar-refractivity contribution in [3.63, 3.8) is 0 Å². The lowest BCUT2D eigenvalue weighted by molar-refractivity contribution is 0.0948. The van der Waals surface area contributed by atoms with Crippen molar-refractivity contribution in [1.29, 1.82) is 0 Å². The minimum absolute atomic E-state index is 0.0368. The molecule has 0 saturated heterocycles. The van der Waals surface area contributed by atoms with Crippen LogP contribution in [0.5, 0.6) is 5.75 Å². The maximum Gasteiger partial charge on any atom is 0.293 e. The second kappa shape index (κ2) is 9.13. The van der Waals surface area contributed by atoms with Gasteiger partial charge in [0.05, 0.1) is 18.0 Å². The fourth-order valence-electron chi connectivity index (χ4n) is 2.55. The van der Waals surface area contributed by atoms with E-state index < -0.39 is 5.91 Å². The largest absolute Gasteiger partial charge is 0.491 e. The summed E-state index contributed by atoms with van der Waals surface area (Å²) in [5, 5.41) is 19.1. The Bertz CT molecular complexity index is 1020. The molecule has 3 aromatic rings. The van der Waals surface area contributed by atoms with Crippen LogP contribution in [-0.2, 0) is 6.54 Å². The van der Waals surface area contributed by atoms with Gasteiger partial charge in [-0.25, -0.2) is 10.1 Å². The number of nitrogens with two attached hydrogens (primary N) is 1. The van der Waals surface area contributed by atoms with Crippen LogP contribution in [0.15, 0.2) is 34.0 Å². The lowest BCUT2D eigenvalue weighted by Crippen LogP contribution is -2.23. The summed E-state index contributed by atoms with van der Waals surface area (Å²) in [6, 6.07) is 7.34. The van der Waals surface area contributed by atoms with E-state index in [1.54, 1.807) is 0 Å². The van der Waals surface area contributed by atoms with E-state index in [9.17, 15) is 4.79 Å². The van der Waals surface area contributed by atoms with Crippen LogP contribution in [0.4, 0.5) is 5.82 Å². The van der Waals surface area contributed by atoms with E-state index in [-0.39, 0.29) is 23.4 Å². The van der Waals surface area contributed by atoms with Crippen LogP contribution in [-0.4, -0.2) is 62.5 Å². The standard InChI is InChI=1S/C18H23N9O3/c1-11(2)29-13-7-5-12(6-8-13)9-20-22-18(28)15-14(10-26(3)4)27(25-21-15)17-16(19)23-30-24-17/h5-9,11H,10H2,1-4H3,(H2,19,23)(H,22,28). The van der Waals surface area contributed by atoms with E-state index in [1.165, 1.54) is 10.9 Å². The summed E-state index contributed by atoms with van der Waals surface area (Å²) in [6.07, 6.45) is 1.61. The zero-order valence-corrected chi connectivity index (χ0v) is 17.1. The van der Waals surface area contributed by atoms with Gasteiger partial charge in [0.2, 0.25) is 11.6 Å². The molecule has 2 aromatic heterocycles. The molecule has 0 aliphatic heterocycles. The Morgan fingerprint density at radius 3 is 2.67 bits per heavy atom. The smallest absolute Gasteiger partial charge is 0.293 e. The fourth-order valence-corrected chi connectivity index (χ4v) is 2.55. The molecule has 0 aliphatic rings. The van der Waals surface area contributed by atoms with Crippen molar-refractivity contribution >= 4 is 17.9 Å². The Labute approximate surface area is 172 Å². The van der Waals surface area contributed by atoms with Crippen molar-refractivity contribution in [2.24, 2.45) is 5.10 Å². The van der Waals surface area contributed by atoms with Gasteiger partial charge in [-0.3, -0.25) is 4.79 Å². The molecule has 0 spiro atoms. The molecule has 1 amide bonds. The zero-order valence-electron chi connectivity index (χ0n) is 17.1. The van der Waals surface area contributed by atoms with Gasteiger partial charge in [0, 0.05) is 6.54 Å². The van der Waals surface area contributed by atoms with Crippen molar-refractivity contribution in [3.8, 4) is 11.6 Å². The number of carbonyl (C=O) groups is 1. The number of rotatable bonds is 8. The molecule has 158 valence electrons. The van der Waals surface area contributed by atoms with Gasteiger partial charge in [-0.1, -0.05) is 5.21 Å². The predicted octanol–water partition coefficient (Wildman–Crippen LogP) is 0.845. The first-order chi connectivity index (χ1) is 14.3. The van der Waals surface area contributed by atoms with Crippen LogP contribution < -0.4 is 15.9 Å². The minimum Gasteiger partial charge on any atom is -0.491 e. The number of carbonyl (C=O) groups excluding carboxylic acids is 1. The third kappa shape index (κ3) is 4.97. The number of hydrogen-bond donors (Lipinski definition) is 2. The Morgan fingerprint density at radius 1 is 1.33 bits per heavy atom. The second-order valence-electron chi connectivity index (χ2n) is 6.94. The molecule has 0 bridgehead atoms. The molecule has 12 heteroatoms. The van der Waals surface area contributed by atoms with Crippen molar-refractivity contribution in [3.05, 3.63) is 41.2 Å². The molecule has 1 aromatic carbocycles. The first-order valence-corrected chi connectivity index (χ1v) is 9.13. The van der Waals surface area contributed by atoms with Crippen molar-refractivity contribution < 1.29 is 14.2 Å². The highest BCUT2D eigenvalue weighted by molar-refractivity contribution is 5.94. The second-order valence-corrected chi connectivity index (χ2v) is 6.94. The normalized spacial score (nSPS) is 11.5. The summed E-state index contributed by atoms with van der Waals surface area (Å²) in [5.41, 5.74) is 9.54. The van der Waals surface area contributed by atoms with Gasteiger partial charge in [-0.2, -0.15) is 9.78 Å². The van der Waals surface area contributed by atoms with E-state index in [2.05, 4.69) is 35.8 Å². The van der Waals surface area contributed by atoms with Gasteiger partial charge >= 0.3 is 0 Å². The lowest BCUT2D eigenvalue weighted by Gasteiger charge is -2.11. The minimum atomic E-state index is -0.524. The van der Waals surface area contributed by atoms with E-state index in [4.69, 9.17) is 10.5 Å². The zero-order chi connectivity index (χ0) is 21.7. The quantitative estimate of drug-likeness (QED) is 0.404. The first-order valence-electron chi connectivity index (χ1n) is 9.13.